The van der Waals surface area contributed by atoms with Crippen LogP contribution in [0.1, 0.15) is 51.9 Å². The predicted molar refractivity (Wildman–Crippen MR) is 82.0 cm³/mol. The number of allylic oxidation sites excluding steroid dienone is 2. The van der Waals surface area contributed by atoms with E-state index in [0.717, 1.165) is 32.1 Å². The van der Waals surface area contributed by atoms with E-state index in [-0.39, 0.29) is 22.5 Å². The van der Waals surface area contributed by atoms with E-state index >= 15 is 0 Å². The van der Waals surface area contributed by atoms with Gasteiger partial charge in [-0.15, -0.1) is 0 Å². The average molecular weight is 300 g/mol. The van der Waals surface area contributed by atoms with Gasteiger partial charge in [-0.25, -0.2) is 0 Å². The number of rotatable bonds is 1. The highest BCUT2D eigenvalue weighted by atomic mass is 16.1. The zero-order valence-electron chi connectivity index (χ0n) is 13.2. The molecule has 6 atom stereocenters. The quantitative estimate of drug-likeness (QED) is 0.699. The van der Waals surface area contributed by atoms with E-state index in [1.54, 1.807) is 6.08 Å². The van der Waals surface area contributed by atoms with Gasteiger partial charge in [0, 0.05) is 23.7 Å². The Hall–Kier alpha value is -1.25. The van der Waals surface area contributed by atoms with Gasteiger partial charge < -0.3 is 4.79 Å². The van der Waals surface area contributed by atoms with Crippen LogP contribution in [0.4, 0.5) is 0 Å². The first-order chi connectivity index (χ1) is 10.5. The van der Waals surface area contributed by atoms with Gasteiger partial charge in [0.1, 0.15) is 12.1 Å². The molecule has 0 aromatic heterocycles. The summed E-state index contributed by atoms with van der Waals surface area (Å²) in [4.78, 5) is 36.2. The van der Waals surface area contributed by atoms with Gasteiger partial charge in [-0.2, -0.15) is 0 Å². The zero-order chi connectivity index (χ0) is 15.5. The minimum Gasteiger partial charge on any atom is -0.303 e. The second kappa shape index (κ2) is 4.62. The average Bonchev–Trinajstić information content (AvgIpc) is 2.82. The third-order valence-corrected chi connectivity index (χ3v) is 7.54. The summed E-state index contributed by atoms with van der Waals surface area (Å²) in [5.74, 6) is 1.96. The first kappa shape index (κ1) is 14.3. The predicted octanol–water partition coefficient (Wildman–Crippen LogP) is 3.12. The Labute approximate surface area is 131 Å². The van der Waals surface area contributed by atoms with E-state index < -0.39 is 0 Å². The van der Waals surface area contributed by atoms with Crippen LogP contribution < -0.4 is 0 Å². The Balaban J connectivity index is 1.71. The Bertz CT molecular complexity index is 577. The molecule has 3 saturated carbocycles. The molecule has 3 heteroatoms. The molecule has 4 aliphatic rings. The number of carbonyl (C=O) groups is 3. The molecule has 0 amide bonds. The maximum Gasteiger partial charge on any atom is 0.161 e. The number of fused-ring (bicyclic) bond motifs is 5. The molecule has 3 nitrogen and oxygen atoms in total. The molecule has 0 spiro atoms. The lowest BCUT2D eigenvalue weighted by Gasteiger charge is -2.58. The summed E-state index contributed by atoms with van der Waals surface area (Å²) in [6.45, 7) is 2.11. The van der Waals surface area contributed by atoms with Crippen molar-refractivity contribution in [3.05, 3.63) is 12.2 Å². The van der Waals surface area contributed by atoms with Gasteiger partial charge in [0.05, 0.1) is 0 Å². The van der Waals surface area contributed by atoms with Crippen LogP contribution in [0, 0.1) is 34.5 Å². The highest BCUT2D eigenvalue weighted by Gasteiger charge is 2.60. The molecule has 0 heterocycles. The molecule has 0 aromatic rings. The normalized spacial score (nSPS) is 50.2. The highest BCUT2D eigenvalue weighted by molar-refractivity contribution is 5.97. The molecule has 3 fully saturated rings. The molecule has 118 valence electrons. The maximum atomic E-state index is 12.3. The van der Waals surface area contributed by atoms with Crippen LogP contribution in [0.25, 0.3) is 0 Å². The number of ketones is 2. The van der Waals surface area contributed by atoms with Crippen molar-refractivity contribution in [2.75, 3.05) is 0 Å². The fourth-order valence-corrected chi connectivity index (χ4v) is 6.25. The summed E-state index contributed by atoms with van der Waals surface area (Å²) in [5.41, 5.74) is -0.528. The molecule has 4 aliphatic carbocycles. The van der Waals surface area contributed by atoms with Crippen LogP contribution in [0.3, 0.4) is 0 Å². The van der Waals surface area contributed by atoms with Crippen molar-refractivity contribution in [1.29, 1.82) is 0 Å². The molecule has 1 unspecified atom stereocenters. The molecular formula is C19H24O3. The summed E-state index contributed by atoms with van der Waals surface area (Å²) in [7, 11) is 0. The van der Waals surface area contributed by atoms with Crippen molar-refractivity contribution in [3.63, 3.8) is 0 Å². The molecule has 0 aromatic carbocycles. The van der Waals surface area contributed by atoms with Gasteiger partial charge in [0.15, 0.2) is 5.78 Å². The standard InChI is InChI=1S/C19H24O3/c1-18-8-7-16-14(15(18)4-5-17(18)22)3-2-12-10-13(21)6-9-19(12,16)11-20/h4-5,11-12,14-16H,2-3,6-10H2,1H3/t12?,14-,15-,16-,18-,19+/m0/s1. The van der Waals surface area contributed by atoms with Crippen LogP contribution in [0.2, 0.25) is 0 Å². The highest BCUT2D eigenvalue weighted by Crippen LogP contribution is 2.63. The second-order valence-electron chi connectivity index (χ2n) is 8.22. The third kappa shape index (κ3) is 1.65. The minimum absolute atomic E-state index is 0.234. The van der Waals surface area contributed by atoms with Crippen LogP contribution in [0.15, 0.2) is 12.2 Å². The topological polar surface area (TPSA) is 51.2 Å². The van der Waals surface area contributed by atoms with Crippen LogP contribution in [0.5, 0.6) is 0 Å². The molecule has 0 saturated heterocycles. The SMILES string of the molecule is C[C@]12CC[C@H]3[C@@H](CCC4CC(=O)CC[C@@]43C=O)[C@@H]1C=CC2=O. The van der Waals surface area contributed by atoms with Gasteiger partial charge >= 0.3 is 0 Å². The number of hydrogen-bond acceptors (Lipinski definition) is 3. The molecular weight excluding hydrogens is 276 g/mol. The van der Waals surface area contributed by atoms with Gasteiger partial charge in [0.25, 0.3) is 0 Å². The lowest BCUT2D eigenvalue weighted by atomic mass is 9.45. The summed E-state index contributed by atoms with van der Waals surface area (Å²) < 4.78 is 0. The zero-order valence-corrected chi connectivity index (χ0v) is 13.2. The fourth-order valence-electron chi connectivity index (χ4n) is 6.25. The first-order valence-electron chi connectivity index (χ1n) is 8.72. The summed E-state index contributed by atoms with van der Waals surface area (Å²) in [5, 5.41) is 0. The monoisotopic (exact) mass is 300 g/mol. The summed E-state index contributed by atoms with van der Waals surface area (Å²) in [6.07, 6.45) is 10.9. The van der Waals surface area contributed by atoms with Gasteiger partial charge in [-0.3, -0.25) is 9.59 Å². The van der Waals surface area contributed by atoms with Crippen LogP contribution in [-0.4, -0.2) is 17.9 Å². The van der Waals surface area contributed by atoms with E-state index in [0.29, 0.717) is 36.4 Å². The van der Waals surface area contributed by atoms with Crippen molar-refractivity contribution >= 4 is 17.9 Å². The number of carbonyl (C=O) groups excluding carboxylic acids is 3. The Kier molecular flexibility index (Phi) is 3.02. The van der Waals surface area contributed by atoms with Crippen molar-refractivity contribution in [2.24, 2.45) is 34.5 Å². The van der Waals surface area contributed by atoms with Gasteiger partial charge in [-0.05, 0) is 61.9 Å². The van der Waals surface area contributed by atoms with Crippen molar-refractivity contribution in [1.82, 2.24) is 0 Å². The molecule has 4 rings (SSSR count). The van der Waals surface area contributed by atoms with E-state index in [1.165, 1.54) is 6.29 Å². The van der Waals surface area contributed by atoms with E-state index in [2.05, 4.69) is 13.0 Å². The Morgan fingerprint density at radius 2 is 2.00 bits per heavy atom. The van der Waals surface area contributed by atoms with Crippen LogP contribution >= 0.6 is 0 Å². The minimum atomic E-state index is -0.294. The maximum absolute atomic E-state index is 12.3. The summed E-state index contributed by atoms with van der Waals surface area (Å²) >= 11 is 0. The van der Waals surface area contributed by atoms with Gasteiger partial charge in [-0.1, -0.05) is 13.0 Å². The second-order valence-corrected chi connectivity index (χ2v) is 8.22. The van der Waals surface area contributed by atoms with E-state index in [9.17, 15) is 14.4 Å². The lowest BCUT2D eigenvalue weighted by Crippen LogP contribution is -2.55. The van der Waals surface area contributed by atoms with Gasteiger partial charge in [0.2, 0.25) is 0 Å². The number of hydrogen-bond donors (Lipinski definition) is 0. The van der Waals surface area contributed by atoms with Crippen molar-refractivity contribution in [2.45, 2.75) is 51.9 Å². The number of aldehydes is 1. The Morgan fingerprint density at radius 1 is 1.18 bits per heavy atom. The molecule has 0 bridgehead atoms. The van der Waals surface area contributed by atoms with E-state index in [1.807, 2.05) is 0 Å². The number of Topliss-reactive ketones (excluding diaryl/α,β-unsaturated/α-hetero) is 1. The lowest BCUT2D eigenvalue weighted by molar-refractivity contribution is -0.151. The van der Waals surface area contributed by atoms with Crippen molar-refractivity contribution in [3.8, 4) is 0 Å². The largest absolute Gasteiger partial charge is 0.303 e. The van der Waals surface area contributed by atoms with E-state index in [4.69, 9.17) is 0 Å². The fraction of sp³-hybridized carbons (Fsp3) is 0.737. The van der Waals surface area contributed by atoms with Crippen molar-refractivity contribution < 1.29 is 14.4 Å². The molecule has 0 N–H and O–H groups in total. The summed E-state index contributed by atoms with van der Waals surface area (Å²) in [6, 6.07) is 0. The molecule has 0 aliphatic heterocycles. The molecule has 22 heavy (non-hydrogen) atoms. The first-order valence-corrected chi connectivity index (χ1v) is 8.72. The smallest absolute Gasteiger partial charge is 0.161 e. The molecule has 0 radical (unpaired) electrons. The Morgan fingerprint density at radius 3 is 2.77 bits per heavy atom. The van der Waals surface area contributed by atoms with Crippen LogP contribution in [-0.2, 0) is 14.4 Å². The third-order valence-electron chi connectivity index (χ3n) is 7.54.